The zero-order valence-corrected chi connectivity index (χ0v) is 8.24. The number of halogens is 3. The van der Waals surface area contributed by atoms with Crippen molar-refractivity contribution in [1.82, 2.24) is 4.90 Å². The molecular formula is C8H13F3N4. The van der Waals surface area contributed by atoms with Gasteiger partial charge in [-0.15, -0.1) is 0 Å². The fourth-order valence-corrected chi connectivity index (χ4v) is 1.76. The first-order chi connectivity index (χ1) is 7.04. The van der Waals surface area contributed by atoms with Crippen molar-refractivity contribution >= 4 is 0 Å². The summed E-state index contributed by atoms with van der Waals surface area (Å²) in [5.74, 6) is -1.22. The third kappa shape index (κ3) is 3.97. The van der Waals surface area contributed by atoms with Crippen LogP contribution in [0.25, 0.3) is 10.4 Å². The van der Waals surface area contributed by atoms with Gasteiger partial charge in [-0.3, -0.25) is 0 Å². The van der Waals surface area contributed by atoms with E-state index in [2.05, 4.69) is 10.0 Å². The standard InChI is InChI=1S/C8H13F3N4/c9-8(10,11)7-2-1-4-15(6-7)5-3-13-14-12/h7H,1-6H2. The van der Waals surface area contributed by atoms with E-state index in [0.29, 0.717) is 19.5 Å². The van der Waals surface area contributed by atoms with Gasteiger partial charge in [0, 0.05) is 24.5 Å². The molecule has 0 aromatic carbocycles. The third-order valence-corrected chi connectivity index (χ3v) is 2.55. The second-order valence-electron chi connectivity index (χ2n) is 3.64. The van der Waals surface area contributed by atoms with E-state index < -0.39 is 12.1 Å². The van der Waals surface area contributed by atoms with Crippen LogP contribution in [0.1, 0.15) is 12.8 Å². The molecule has 1 aliphatic heterocycles. The quantitative estimate of drug-likeness (QED) is 0.411. The molecule has 0 N–H and O–H groups in total. The Balaban J connectivity index is 2.38. The average molecular weight is 222 g/mol. The number of rotatable bonds is 3. The number of alkyl halides is 3. The highest BCUT2D eigenvalue weighted by atomic mass is 19.4. The first-order valence-corrected chi connectivity index (χ1v) is 4.84. The second kappa shape index (κ2) is 5.23. The van der Waals surface area contributed by atoms with Crippen molar-refractivity contribution in [3.8, 4) is 0 Å². The Morgan fingerprint density at radius 1 is 1.47 bits per heavy atom. The highest BCUT2D eigenvalue weighted by molar-refractivity contribution is 4.78. The van der Waals surface area contributed by atoms with Crippen LogP contribution in [0.2, 0.25) is 0 Å². The summed E-state index contributed by atoms with van der Waals surface area (Å²) >= 11 is 0. The van der Waals surface area contributed by atoms with Gasteiger partial charge in [0.15, 0.2) is 0 Å². The summed E-state index contributed by atoms with van der Waals surface area (Å²) in [5, 5.41) is 3.31. The number of hydrogen-bond acceptors (Lipinski definition) is 2. The van der Waals surface area contributed by atoms with Crippen molar-refractivity contribution in [2.75, 3.05) is 26.2 Å². The molecule has 0 aromatic heterocycles. The van der Waals surface area contributed by atoms with Gasteiger partial charge in [-0.1, -0.05) is 5.11 Å². The van der Waals surface area contributed by atoms with E-state index in [4.69, 9.17) is 5.53 Å². The maximum Gasteiger partial charge on any atom is 0.393 e. The van der Waals surface area contributed by atoms with Gasteiger partial charge < -0.3 is 4.90 Å². The highest BCUT2D eigenvalue weighted by Gasteiger charge is 2.41. The number of likely N-dealkylation sites (tertiary alicyclic amines) is 1. The maximum atomic E-state index is 12.4. The molecule has 1 aliphatic rings. The minimum absolute atomic E-state index is 0.0322. The molecular weight excluding hydrogens is 209 g/mol. The lowest BCUT2D eigenvalue weighted by Gasteiger charge is -2.33. The maximum absolute atomic E-state index is 12.4. The average Bonchev–Trinajstić information content (AvgIpc) is 2.17. The summed E-state index contributed by atoms with van der Waals surface area (Å²) in [6.07, 6.45) is -3.33. The summed E-state index contributed by atoms with van der Waals surface area (Å²) in [6, 6.07) is 0. The fourth-order valence-electron chi connectivity index (χ4n) is 1.76. The second-order valence-corrected chi connectivity index (χ2v) is 3.64. The zero-order valence-electron chi connectivity index (χ0n) is 8.24. The molecule has 0 saturated carbocycles. The van der Waals surface area contributed by atoms with Crippen molar-refractivity contribution in [2.24, 2.45) is 11.0 Å². The van der Waals surface area contributed by atoms with Gasteiger partial charge in [0.1, 0.15) is 0 Å². The fraction of sp³-hybridized carbons (Fsp3) is 1.00. The van der Waals surface area contributed by atoms with E-state index in [9.17, 15) is 13.2 Å². The van der Waals surface area contributed by atoms with Crippen LogP contribution in [0.5, 0.6) is 0 Å². The highest BCUT2D eigenvalue weighted by Crippen LogP contribution is 2.32. The summed E-state index contributed by atoms with van der Waals surface area (Å²) in [4.78, 5) is 4.27. The van der Waals surface area contributed by atoms with Crippen molar-refractivity contribution in [3.05, 3.63) is 10.4 Å². The Kier molecular flexibility index (Phi) is 4.23. The summed E-state index contributed by atoms with van der Waals surface area (Å²) in [5.41, 5.74) is 8.04. The molecule has 1 heterocycles. The Labute approximate surface area is 85.7 Å². The van der Waals surface area contributed by atoms with E-state index in [0.717, 1.165) is 0 Å². The molecule has 1 saturated heterocycles. The smallest absolute Gasteiger partial charge is 0.303 e. The van der Waals surface area contributed by atoms with Crippen LogP contribution in [0, 0.1) is 5.92 Å². The number of hydrogen-bond donors (Lipinski definition) is 0. The predicted octanol–water partition coefficient (Wildman–Crippen LogP) is 2.57. The van der Waals surface area contributed by atoms with Crippen molar-refractivity contribution < 1.29 is 13.2 Å². The van der Waals surface area contributed by atoms with Crippen LogP contribution in [-0.2, 0) is 0 Å². The van der Waals surface area contributed by atoms with E-state index in [1.165, 1.54) is 0 Å². The Morgan fingerprint density at radius 3 is 2.80 bits per heavy atom. The van der Waals surface area contributed by atoms with Gasteiger partial charge in [0.05, 0.1) is 5.92 Å². The molecule has 7 heteroatoms. The van der Waals surface area contributed by atoms with Crippen molar-refractivity contribution in [3.63, 3.8) is 0 Å². The molecule has 86 valence electrons. The topological polar surface area (TPSA) is 52.0 Å². The normalized spacial score (nSPS) is 23.5. The molecule has 0 aromatic rings. The molecule has 1 fully saturated rings. The summed E-state index contributed by atoms with van der Waals surface area (Å²) < 4.78 is 37.2. The minimum Gasteiger partial charge on any atom is -0.303 e. The lowest BCUT2D eigenvalue weighted by Crippen LogP contribution is -2.42. The summed E-state index contributed by atoms with van der Waals surface area (Å²) in [6.45, 7) is 1.34. The minimum atomic E-state index is -4.10. The number of azide groups is 1. The van der Waals surface area contributed by atoms with Crippen LogP contribution in [0.15, 0.2) is 5.11 Å². The Hall–Kier alpha value is -0.940. The Morgan fingerprint density at radius 2 is 2.20 bits per heavy atom. The van der Waals surface area contributed by atoms with E-state index in [1.54, 1.807) is 4.90 Å². The van der Waals surface area contributed by atoms with E-state index in [-0.39, 0.29) is 19.5 Å². The largest absolute Gasteiger partial charge is 0.393 e. The first-order valence-electron chi connectivity index (χ1n) is 4.84. The molecule has 1 rings (SSSR count). The molecule has 1 unspecified atom stereocenters. The lowest BCUT2D eigenvalue weighted by atomic mass is 9.97. The van der Waals surface area contributed by atoms with Crippen LogP contribution < -0.4 is 0 Å². The number of nitrogens with zero attached hydrogens (tertiary/aromatic N) is 4. The van der Waals surface area contributed by atoms with Crippen molar-refractivity contribution in [2.45, 2.75) is 19.0 Å². The molecule has 0 amide bonds. The molecule has 0 aliphatic carbocycles. The molecule has 0 radical (unpaired) electrons. The molecule has 1 atom stereocenters. The number of piperidine rings is 1. The van der Waals surface area contributed by atoms with Crippen LogP contribution in [-0.4, -0.2) is 37.3 Å². The Bertz CT molecular complexity index is 247. The van der Waals surface area contributed by atoms with E-state index in [1.807, 2.05) is 0 Å². The van der Waals surface area contributed by atoms with Gasteiger partial charge in [-0.25, -0.2) is 0 Å². The third-order valence-electron chi connectivity index (χ3n) is 2.55. The SMILES string of the molecule is [N-]=[N+]=NCCN1CCCC(C(F)(F)F)C1. The molecule has 15 heavy (non-hydrogen) atoms. The predicted molar refractivity (Wildman–Crippen MR) is 49.2 cm³/mol. The van der Waals surface area contributed by atoms with Gasteiger partial charge in [0.25, 0.3) is 0 Å². The zero-order chi connectivity index (χ0) is 11.3. The molecule has 0 bridgehead atoms. The lowest BCUT2D eigenvalue weighted by molar-refractivity contribution is -0.186. The van der Waals surface area contributed by atoms with Crippen molar-refractivity contribution in [1.29, 1.82) is 0 Å². The van der Waals surface area contributed by atoms with Gasteiger partial charge >= 0.3 is 6.18 Å². The van der Waals surface area contributed by atoms with Crippen LogP contribution >= 0.6 is 0 Å². The van der Waals surface area contributed by atoms with Crippen LogP contribution in [0.3, 0.4) is 0 Å². The molecule has 0 spiro atoms. The van der Waals surface area contributed by atoms with Crippen LogP contribution in [0.4, 0.5) is 13.2 Å². The summed E-state index contributed by atoms with van der Waals surface area (Å²) in [7, 11) is 0. The van der Waals surface area contributed by atoms with Gasteiger partial charge in [-0.2, -0.15) is 13.2 Å². The van der Waals surface area contributed by atoms with E-state index >= 15 is 0 Å². The molecule has 4 nitrogen and oxygen atoms in total. The first kappa shape index (κ1) is 12.1. The van der Waals surface area contributed by atoms with Gasteiger partial charge in [0.2, 0.25) is 0 Å². The monoisotopic (exact) mass is 222 g/mol. The van der Waals surface area contributed by atoms with Gasteiger partial charge in [-0.05, 0) is 24.9 Å².